The summed E-state index contributed by atoms with van der Waals surface area (Å²) in [6.07, 6.45) is 2.54. The molecular weight excluding hydrogens is 478 g/mol. The molecule has 4 rings (SSSR count). The summed E-state index contributed by atoms with van der Waals surface area (Å²) >= 11 is 6.52. The number of esters is 1. The second-order valence-corrected chi connectivity index (χ2v) is 8.97. The Morgan fingerprint density at radius 3 is 2.67 bits per heavy atom. The van der Waals surface area contributed by atoms with Crippen LogP contribution in [0.3, 0.4) is 0 Å². The molecule has 0 fully saturated rings. The van der Waals surface area contributed by atoms with E-state index in [1.54, 1.807) is 14.0 Å². The van der Waals surface area contributed by atoms with Gasteiger partial charge in [0.2, 0.25) is 5.82 Å². The molecule has 0 aliphatic heterocycles. The monoisotopic (exact) mass is 507 g/mol. The first kappa shape index (κ1) is 25.5. The van der Waals surface area contributed by atoms with E-state index in [2.05, 4.69) is 42.8 Å². The van der Waals surface area contributed by atoms with Gasteiger partial charge in [-0.2, -0.15) is 5.21 Å². The summed E-state index contributed by atoms with van der Waals surface area (Å²) in [5.74, 6) is 0.892. The fraction of sp³-hybridized carbons (Fsp3) is 0.346. The number of carbonyl (C=O) groups is 1. The van der Waals surface area contributed by atoms with Crippen LogP contribution < -0.4 is 5.32 Å². The summed E-state index contributed by atoms with van der Waals surface area (Å²) in [5.41, 5.74) is 4.34. The third kappa shape index (κ3) is 5.98. The minimum atomic E-state index is -0.649. The van der Waals surface area contributed by atoms with Gasteiger partial charge in [0.05, 0.1) is 5.69 Å². The molecule has 10 heteroatoms. The first-order chi connectivity index (χ1) is 17.5. The number of ether oxygens (including phenoxy) is 1. The van der Waals surface area contributed by atoms with Gasteiger partial charge in [0.25, 0.3) is 0 Å². The number of benzene rings is 2. The standard InChI is InChI=1S/C26H30ClN7O2/c1-4-5-11-22-29-23(24(27)30-22)21(36-26(35)16(2)28-3)15-17-12-13-19(18-9-7-6-8-10-18)20(14-17)25-31-33-34-32-25/h6-10,12-14,16,21,28H,4-5,11,15H2,1-3H3,(H,29,30)(H,31,32,33,34)/t16-,21-/m1/s1. The fourth-order valence-electron chi connectivity index (χ4n) is 3.92. The van der Waals surface area contributed by atoms with Crippen LogP contribution in [-0.4, -0.2) is 49.7 Å². The van der Waals surface area contributed by atoms with Gasteiger partial charge in [-0.15, -0.1) is 10.2 Å². The van der Waals surface area contributed by atoms with Crippen LogP contribution in [0.5, 0.6) is 0 Å². The zero-order valence-electron chi connectivity index (χ0n) is 20.6. The second-order valence-electron chi connectivity index (χ2n) is 8.61. The Morgan fingerprint density at radius 2 is 1.97 bits per heavy atom. The van der Waals surface area contributed by atoms with Crippen LogP contribution in [0, 0.1) is 0 Å². The maximum Gasteiger partial charge on any atom is 0.323 e. The van der Waals surface area contributed by atoms with Gasteiger partial charge in [-0.25, -0.2) is 4.98 Å². The van der Waals surface area contributed by atoms with Crippen LogP contribution in [0.25, 0.3) is 22.5 Å². The Morgan fingerprint density at radius 1 is 1.17 bits per heavy atom. The highest BCUT2D eigenvalue weighted by Gasteiger charge is 2.26. The number of hydrogen-bond donors (Lipinski definition) is 3. The number of imidazole rings is 1. The maximum atomic E-state index is 12.7. The van der Waals surface area contributed by atoms with E-state index in [0.717, 1.165) is 47.3 Å². The van der Waals surface area contributed by atoms with E-state index >= 15 is 0 Å². The minimum Gasteiger partial charge on any atom is -0.454 e. The van der Waals surface area contributed by atoms with Crippen LogP contribution in [-0.2, 0) is 22.4 Å². The summed E-state index contributed by atoms with van der Waals surface area (Å²) in [5, 5.41) is 17.9. The van der Waals surface area contributed by atoms with Crippen molar-refractivity contribution in [3.63, 3.8) is 0 Å². The van der Waals surface area contributed by atoms with Gasteiger partial charge < -0.3 is 15.0 Å². The molecule has 0 amide bonds. The van der Waals surface area contributed by atoms with E-state index < -0.39 is 12.1 Å². The number of aromatic amines is 2. The maximum absolute atomic E-state index is 12.7. The summed E-state index contributed by atoms with van der Waals surface area (Å²) in [6.45, 7) is 3.87. The first-order valence-corrected chi connectivity index (χ1v) is 12.4. The van der Waals surface area contributed by atoms with Crippen molar-refractivity contribution in [3.05, 3.63) is 70.8 Å². The SMILES string of the molecule is CCCCc1nc(Cl)c([C@@H](Cc2ccc(-c3ccccc3)c(-c3nn[nH]n3)c2)OC(=O)[C@@H](C)NC)[nH]1. The molecule has 0 aliphatic rings. The molecule has 9 nitrogen and oxygen atoms in total. The van der Waals surface area contributed by atoms with Crippen molar-refractivity contribution in [2.24, 2.45) is 0 Å². The summed E-state index contributed by atoms with van der Waals surface area (Å²) < 4.78 is 5.93. The lowest BCUT2D eigenvalue weighted by Crippen LogP contribution is -2.33. The van der Waals surface area contributed by atoms with E-state index in [4.69, 9.17) is 16.3 Å². The smallest absolute Gasteiger partial charge is 0.323 e. The number of hydrogen-bond acceptors (Lipinski definition) is 7. The van der Waals surface area contributed by atoms with Crippen molar-refractivity contribution in [1.82, 2.24) is 35.9 Å². The lowest BCUT2D eigenvalue weighted by atomic mass is 9.95. The molecule has 0 saturated carbocycles. The molecule has 3 N–H and O–H groups in total. The molecule has 188 valence electrons. The van der Waals surface area contributed by atoms with E-state index in [1.807, 2.05) is 48.5 Å². The topological polar surface area (TPSA) is 121 Å². The third-order valence-corrected chi connectivity index (χ3v) is 6.33. The average Bonchev–Trinajstić information content (AvgIpc) is 3.57. The van der Waals surface area contributed by atoms with E-state index in [9.17, 15) is 4.79 Å². The molecule has 2 aromatic carbocycles. The second kappa shape index (κ2) is 11.9. The molecule has 0 spiro atoms. The Hall–Kier alpha value is -3.56. The van der Waals surface area contributed by atoms with Crippen LogP contribution >= 0.6 is 11.6 Å². The van der Waals surface area contributed by atoms with Gasteiger partial charge in [-0.3, -0.25) is 4.79 Å². The quantitative estimate of drug-likeness (QED) is 0.252. The molecule has 0 radical (unpaired) electrons. The minimum absolute atomic E-state index is 0.315. The summed E-state index contributed by atoms with van der Waals surface area (Å²) in [6, 6.07) is 15.6. The van der Waals surface area contributed by atoms with Gasteiger partial charge in [0.1, 0.15) is 18.0 Å². The highest BCUT2D eigenvalue weighted by atomic mass is 35.5. The summed E-state index contributed by atoms with van der Waals surface area (Å²) in [7, 11) is 1.71. The lowest BCUT2D eigenvalue weighted by molar-refractivity contribution is -0.151. The number of aromatic nitrogens is 6. The van der Waals surface area contributed by atoms with Gasteiger partial charge >= 0.3 is 5.97 Å². The summed E-state index contributed by atoms with van der Waals surface area (Å²) in [4.78, 5) is 20.5. The Kier molecular flexibility index (Phi) is 8.45. The molecular formula is C26H30ClN7O2. The number of rotatable bonds is 11. The van der Waals surface area contributed by atoms with E-state index in [0.29, 0.717) is 23.1 Å². The lowest BCUT2D eigenvalue weighted by Gasteiger charge is -2.20. The number of tetrazole rings is 1. The zero-order chi connectivity index (χ0) is 25.5. The van der Waals surface area contributed by atoms with Crippen LogP contribution in [0.2, 0.25) is 5.15 Å². The number of aryl methyl sites for hydroxylation is 1. The first-order valence-electron chi connectivity index (χ1n) is 12.0. The number of nitrogens with zero attached hydrogens (tertiary/aromatic N) is 4. The molecule has 2 heterocycles. The normalized spacial score (nSPS) is 12.9. The number of unbranched alkanes of at least 4 members (excludes halogenated alkanes) is 1. The number of nitrogens with one attached hydrogen (secondary N) is 3. The van der Waals surface area contributed by atoms with Crippen molar-refractivity contribution < 1.29 is 9.53 Å². The van der Waals surface area contributed by atoms with Crippen molar-refractivity contribution in [2.45, 2.75) is 51.7 Å². The predicted molar refractivity (Wildman–Crippen MR) is 138 cm³/mol. The Labute approximate surface area is 215 Å². The molecule has 4 aromatic rings. The Bertz CT molecular complexity index is 1270. The highest BCUT2D eigenvalue weighted by Crippen LogP contribution is 2.34. The van der Waals surface area contributed by atoms with Crippen LogP contribution in [0.4, 0.5) is 0 Å². The predicted octanol–water partition coefficient (Wildman–Crippen LogP) is 4.69. The largest absolute Gasteiger partial charge is 0.454 e. The van der Waals surface area contributed by atoms with Crippen LogP contribution in [0.1, 0.15) is 49.9 Å². The number of carbonyl (C=O) groups excluding carboxylic acids is 1. The van der Waals surface area contributed by atoms with Crippen molar-refractivity contribution >= 4 is 17.6 Å². The van der Waals surface area contributed by atoms with E-state index in [1.165, 1.54) is 0 Å². The van der Waals surface area contributed by atoms with Crippen molar-refractivity contribution in [1.29, 1.82) is 0 Å². The van der Waals surface area contributed by atoms with Crippen molar-refractivity contribution in [3.8, 4) is 22.5 Å². The van der Waals surface area contributed by atoms with Crippen LogP contribution in [0.15, 0.2) is 48.5 Å². The van der Waals surface area contributed by atoms with Gasteiger partial charge in [0, 0.05) is 18.4 Å². The zero-order valence-corrected chi connectivity index (χ0v) is 21.3. The number of likely N-dealkylation sites (N-methyl/N-ethyl adjacent to an activating group) is 1. The molecule has 36 heavy (non-hydrogen) atoms. The molecule has 0 aliphatic carbocycles. The van der Waals surface area contributed by atoms with Gasteiger partial charge in [-0.1, -0.05) is 67.4 Å². The molecule has 2 atom stereocenters. The Balaban J connectivity index is 1.70. The number of halogens is 1. The van der Waals surface area contributed by atoms with Crippen molar-refractivity contribution in [2.75, 3.05) is 7.05 Å². The molecule has 0 bridgehead atoms. The highest BCUT2D eigenvalue weighted by molar-refractivity contribution is 6.30. The molecule has 0 saturated heterocycles. The molecule has 0 unspecified atom stereocenters. The average molecular weight is 508 g/mol. The van der Waals surface area contributed by atoms with Gasteiger partial charge in [0.15, 0.2) is 5.15 Å². The third-order valence-electron chi connectivity index (χ3n) is 6.04. The molecule has 2 aromatic heterocycles. The number of H-pyrrole nitrogens is 2. The van der Waals surface area contributed by atoms with Gasteiger partial charge in [-0.05, 0) is 48.4 Å². The fourth-order valence-corrected chi connectivity index (χ4v) is 4.19. The van der Waals surface area contributed by atoms with E-state index in [-0.39, 0.29) is 5.97 Å².